The molecule has 0 bridgehead atoms. The van der Waals surface area contributed by atoms with Gasteiger partial charge >= 0.3 is 5.69 Å². The molecule has 182 valence electrons. The normalized spacial score (nSPS) is 12.6. The molecule has 0 amide bonds. The molecule has 1 aromatic rings. The number of imidazole rings is 1. The zero-order chi connectivity index (χ0) is 23.3. The maximum atomic E-state index is 12.7. The standard InChI is InChI=1S/C25H48N2O4/c1-6-24(7-2,17-18-28)15-11-13-19-31-20-14-12-16-25(8-3,9-4)27-22(29)21-26(10-5)23(27)30/h21,28-29H,6-20H2,1-5H3. The van der Waals surface area contributed by atoms with Gasteiger partial charge in [0.2, 0.25) is 5.88 Å². The fraction of sp³-hybridized carbons (Fsp3) is 0.880. The lowest BCUT2D eigenvalue weighted by molar-refractivity contribution is 0.110. The molecule has 0 fully saturated rings. The van der Waals surface area contributed by atoms with Crippen molar-refractivity contribution in [2.45, 2.75) is 117 Å². The number of unbranched alkanes of at least 4 members (excludes halogenated alkanes) is 2. The van der Waals surface area contributed by atoms with Crippen molar-refractivity contribution in [3.05, 3.63) is 16.7 Å². The van der Waals surface area contributed by atoms with Gasteiger partial charge in [-0.3, -0.25) is 9.13 Å². The smallest absolute Gasteiger partial charge is 0.331 e. The van der Waals surface area contributed by atoms with E-state index in [-0.39, 0.29) is 23.7 Å². The van der Waals surface area contributed by atoms with Gasteiger partial charge in [0.1, 0.15) is 0 Å². The van der Waals surface area contributed by atoms with Gasteiger partial charge in [0.15, 0.2) is 0 Å². The summed E-state index contributed by atoms with van der Waals surface area (Å²) in [6, 6.07) is 0. The topological polar surface area (TPSA) is 76.6 Å². The van der Waals surface area contributed by atoms with E-state index in [4.69, 9.17) is 4.74 Å². The molecule has 2 N–H and O–H groups in total. The first-order valence-corrected chi connectivity index (χ1v) is 12.6. The maximum Gasteiger partial charge on any atom is 0.331 e. The summed E-state index contributed by atoms with van der Waals surface area (Å²) >= 11 is 0. The van der Waals surface area contributed by atoms with Gasteiger partial charge in [0, 0.05) is 26.4 Å². The Balaban J connectivity index is 2.41. The molecule has 0 radical (unpaired) electrons. The highest BCUT2D eigenvalue weighted by Gasteiger charge is 2.32. The predicted octanol–water partition coefficient (Wildman–Crippen LogP) is 5.44. The van der Waals surface area contributed by atoms with Gasteiger partial charge in [0.05, 0.1) is 11.7 Å². The van der Waals surface area contributed by atoms with Crippen molar-refractivity contribution < 1.29 is 14.9 Å². The monoisotopic (exact) mass is 440 g/mol. The molecule has 1 rings (SSSR count). The number of ether oxygens (including phenoxy) is 1. The average Bonchev–Trinajstić information content (AvgIpc) is 3.08. The number of hydrogen-bond acceptors (Lipinski definition) is 4. The van der Waals surface area contributed by atoms with Gasteiger partial charge in [-0.15, -0.1) is 0 Å². The number of aryl methyl sites for hydroxylation is 1. The minimum atomic E-state index is -0.335. The van der Waals surface area contributed by atoms with Crippen LogP contribution in [0, 0.1) is 5.41 Å². The van der Waals surface area contributed by atoms with Gasteiger partial charge in [-0.1, -0.05) is 47.0 Å². The van der Waals surface area contributed by atoms with Crippen molar-refractivity contribution in [2.24, 2.45) is 5.41 Å². The van der Waals surface area contributed by atoms with E-state index >= 15 is 0 Å². The zero-order valence-electron chi connectivity index (χ0n) is 20.8. The first-order valence-electron chi connectivity index (χ1n) is 12.6. The quantitative estimate of drug-likeness (QED) is 0.298. The molecular weight excluding hydrogens is 392 g/mol. The van der Waals surface area contributed by atoms with Crippen LogP contribution < -0.4 is 5.69 Å². The number of rotatable bonds is 18. The number of aliphatic hydroxyl groups is 1. The highest BCUT2D eigenvalue weighted by atomic mass is 16.5. The van der Waals surface area contributed by atoms with E-state index in [1.54, 1.807) is 15.3 Å². The lowest BCUT2D eigenvalue weighted by Gasteiger charge is -2.33. The van der Waals surface area contributed by atoms with E-state index in [0.717, 1.165) is 83.8 Å². The second-order valence-electron chi connectivity index (χ2n) is 9.03. The van der Waals surface area contributed by atoms with E-state index in [9.17, 15) is 15.0 Å². The minimum absolute atomic E-state index is 0.0724. The maximum absolute atomic E-state index is 12.7. The van der Waals surface area contributed by atoms with Crippen molar-refractivity contribution in [1.82, 2.24) is 9.13 Å². The van der Waals surface area contributed by atoms with E-state index in [1.165, 1.54) is 0 Å². The molecule has 1 heterocycles. The van der Waals surface area contributed by atoms with Crippen molar-refractivity contribution >= 4 is 0 Å². The summed E-state index contributed by atoms with van der Waals surface area (Å²) in [6.45, 7) is 12.9. The van der Waals surface area contributed by atoms with E-state index < -0.39 is 0 Å². The van der Waals surface area contributed by atoms with Crippen LogP contribution in [-0.4, -0.2) is 39.2 Å². The lowest BCUT2D eigenvalue weighted by Crippen LogP contribution is -2.40. The summed E-state index contributed by atoms with van der Waals surface area (Å²) in [5, 5.41) is 19.7. The van der Waals surface area contributed by atoms with E-state index in [1.807, 2.05) is 6.92 Å². The number of aromatic nitrogens is 2. The first-order chi connectivity index (χ1) is 14.9. The lowest BCUT2D eigenvalue weighted by atomic mass is 9.75. The Bertz CT molecular complexity index is 657. The third-order valence-electron chi connectivity index (χ3n) is 7.64. The first kappa shape index (κ1) is 27.8. The third kappa shape index (κ3) is 7.38. The van der Waals surface area contributed by atoms with Crippen LogP contribution in [0.3, 0.4) is 0 Å². The zero-order valence-corrected chi connectivity index (χ0v) is 20.8. The summed E-state index contributed by atoms with van der Waals surface area (Å²) in [7, 11) is 0. The number of aromatic hydroxyl groups is 1. The van der Waals surface area contributed by atoms with Crippen LogP contribution in [0.25, 0.3) is 0 Å². The van der Waals surface area contributed by atoms with Crippen molar-refractivity contribution in [3.63, 3.8) is 0 Å². The second kappa shape index (κ2) is 14.0. The summed E-state index contributed by atoms with van der Waals surface area (Å²) in [5.41, 5.74) is -0.159. The van der Waals surface area contributed by atoms with Crippen molar-refractivity contribution in [2.75, 3.05) is 19.8 Å². The minimum Gasteiger partial charge on any atom is -0.493 e. The van der Waals surface area contributed by atoms with Crippen LogP contribution in [0.2, 0.25) is 0 Å². The molecule has 0 spiro atoms. The second-order valence-corrected chi connectivity index (χ2v) is 9.03. The highest BCUT2D eigenvalue weighted by molar-refractivity contribution is 5.10. The van der Waals surface area contributed by atoms with Crippen LogP contribution in [0.4, 0.5) is 0 Å². The van der Waals surface area contributed by atoms with Crippen molar-refractivity contribution in [1.29, 1.82) is 0 Å². The average molecular weight is 441 g/mol. The van der Waals surface area contributed by atoms with Crippen LogP contribution in [0.5, 0.6) is 5.88 Å². The molecule has 0 aliphatic carbocycles. The molecule has 0 aliphatic heterocycles. The molecule has 0 aromatic carbocycles. The van der Waals surface area contributed by atoms with Gasteiger partial charge in [-0.25, -0.2) is 4.79 Å². The number of aliphatic hydroxyl groups excluding tert-OH is 1. The summed E-state index contributed by atoms with van der Waals surface area (Å²) in [4.78, 5) is 12.7. The molecule has 31 heavy (non-hydrogen) atoms. The Kier molecular flexibility index (Phi) is 12.5. The third-order valence-corrected chi connectivity index (χ3v) is 7.64. The molecule has 0 atom stereocenters. The predicted molar refractivity (Wildman–Crippen MR) is 128 cm³/mol. The van der Waals surface area contributed by atoms with Gasteiger partial charge in [-0.05, 0) is 63.7 Å². The summed E-state index contributed by atoms with van der Waals surface area (Å²) in [5.74, 6) is 0.0724. The van der Waals surface area contributed by atoms with E-state index in [0.29, 0.717) is 12.0 Å². The van der Waals surface area contributed by atoms with Crippen LogP contribution in [-0.2, 0) is 16.8 Å². The molecule has 0 aliphatic rings. The van der Waals surface area contributed by atoms with Crippen LogP contribution in [0.15, 0.2) is 11.0 Å². The molecule has 1 aromatic heterocycles. The molecule has 6 nitrogen and oxygen atoms in total. The number of nitrogens with zero attached hydrogens (tertiary/aromatic N) is 2. The fourth-order valence-electron chi connectivity index (χ4n) is 4.97. The highest BCUT2D eigenvalue weighted by Crippen LogP contribution is 2.36. The summed E-state index contributed by atoms with van der Waals surface area (Å²) in [6.07, 6.45) is 12.5. The molecular formula is C25H48N2O4. The van der Waals surface area contributed by atoms with E-state index in [2.05, 4.69) is 27.7 Å². The summed E-state index contributed by atoms with van der Waals surface area (Å²) < 4.78 is 9.04. The molecule has 0 unspecified atom stereocenters. The Morgan fingerprint density at radius 2 is 1.45 bits per heavy atom. The Hall–Kier alpha value is -1.27. The molecule has 6 heteroatoms. The Labute approximate surface area is 189 Å². The SMILES string of the molecule is CCn1cc(O)n(C(CC)(CC)CCCCOCCCCC(CC)(CC)CCO)c1=O. The van der Waals surface area contributed by atoms with Gasteiger partial charge in [-0.2, -0.15) is 0 Å². The van der Waals surface area contributed by atoms with Crippen LogP contribution in [0.1, 0.15) is 105 Å². The molecule has 0 saturated carbocycles. The number of hydrogen-bond donors (Lipinski definition) is 2. The van der Waals surface area contributed by atoms with Gasteiger partial charge < -0.3 is 14.9 Å². The molecule has 0 saturated heterocycles. The van der Waals surface area contributed by atoms with Crippen molar-refractivity contribution in [3.8, 4) is 5.88 Å². The largest absolute Gasteiger partial charge is 0.493 e. The van der Waals surface area contributed by atoms with Crippen LogP contribution >= 0.6 is 0 Å². The van der Waals surface area contributed by atoms with Gasteiger partial charge in [0.25, 0.3) is 0 Å². The Morgan fingerprint density at radius 3 is 1.90 bits per heavy atom. The Morgan fingerprint density at radius 1 is 0.871 bits per heavy atom. The fourth-order valence-corrected chi connectivity index (χ4v) is 4.97.